The Labute approximate surface area is 105 Å². The first-order valence-electron chi connectivity index (χ1n) is 6.09. The Morgan fingerprint density at radius 2 is 2.33 bits per heavy atom. The predicted molar refractivity (Wildman–Crippen MR) is 67.2 cm³/mol. The number of benzene rings is 1. The fourth-order valence-electron chi connectivity index (χ4n) is 2.42. The van der Waals surface area contributed by atoms with Crippen LogP contribution in [0.4, 0.5) is 0 Å². The van der Waals surface area contributed by atoms with Crippen LogP contribution in [0.3, 0.4) is 0 Å². The third kappa shape index (κ3) is 1.86. The van der Waals surface area contributed by atoms with Crippen molar-refractivity contribution < 1.29 is 9.53 Å². The van der Waals surface area contributed by atoms with Crippen LogP contribution >= 0.6 is 0 Å². The van der Waals surface area contributed by atoms with Gasteiger partial charge in [0.25, 0.3) is 5.91 Å². The molecule has 1 aromatic carbocycles. The second-order valence-electron chi connectivity index (χ2n) is 4.64. The van der Waals surface area contributed by atoms with Crippen molar-refractivity contribution in [2.75, 3.05) is 13.2 Å². The standard InChI is InChI=1S/C13H15N3O2/c14-13(17)12-10-3-1-2-4-11(10)16(15-12)7-9-5-6-18-8-9/h1-4,9H,5-8H2,(H2,14,17)/t9-/m1/s1. The number of fused-ring (bicyclic) bond motifs is 1. The zero-order chi connectivity index (χ0) is 12.5. The van der Waals surface area contributed by atoms with Gasteiger partial charge in [-0.1, -0.05) is 18.2 Å². The summed E-state index contributed by atoms with van der Waals surface area (Å²) in [4.78, 5) is 11.4. The number of nitrogens with two attached hydrogens (primary N) is 1. The van der Waals surface area contributed by atoms with Crippen LogP contribution in [0.5, 0.6) is 0 Å². The summed E-state index contributed by atoms with van der Waals surface area (Å²) in [5.74, 6) is -0.0124. The average molecular weight is 245 g/mol. The van der Waals surface area contributed by atoms with Gasteiger partial charge in [-0.05, 0) is 12.5 Å². The zero-order valence-corrected chi connectivity index (χ0v) is 10.0. The maximum absolute atomic E-state index is 11.4. The van der Waals surface area contributed by atoms with Crippen LogP contribution in [0.15, 0.2) is 24.3 Å². The summed E-state index contributed by atoms with van der Waals surface area (Å²) in [5.41, 5.74) is 6.67. The minimum atomic E-state index is -0.479. The van der Waals surface area contributed by atoms with Gasteiger partial charge in [-0.25, -0.2) is 0 Å². The summed E-state index contributed by atoms with van der Waals surface area (Å²) in [6, 6.07) is 7.67. The first-order valence-corrected chi connectivity index (χ1v) is 6.09. The number of ether oxygens (including phenoxy) is 1. The fourth-order valence-corrected chi connectivity index (χ4v) is 2.42. The van der Waals surface area contributed by atoms with Crippen molar-refractivity contribution >= 4 is 16.8 Å². The van der Waals surface area contributed by atoms with Crippen LogP contribution in [0.1, 0.15) is 16.9 Å². The Hall–Kier alpha value is -1.88. The summed E-state index contributed by atoms with van der Waals surface area (Å²) in [5, 5.41) is 5.16. The SMILES string of the molecule is NC(=O)c1nn(C[C@H]2CCOC2)c2ccccc12. The molecule has 1 atom stereocenters. The highest BCUT2D eigenvalue weighted by Crippen LogP contribution is 2.21. The molecule has 1 fully saturated rings. The normalized spacial score (nSPS) is 19.4. The number of amides is 1. The molecule has 1 aliphatic rings. The van der Waals surface area contributed by atoms with Crippen LogP contribution < -0.4 is 5.73 Å². The van der Waals surface area contributed by atoms with Crippen molar-refractivity contribution in [3.05, 3.63) is 30.0 Å². The van der Waals surface area contributed by atoms with E-state index in [4.69, 9.17) is 10.5 Å². The molecular weight excluding hydrogens is 230 g/mol. The van der Waals surface area contributed by atoms with Gasteiger partial charge in [0.05, 0.1) is 12.1 Å². The van der Waals surface area contributed by atoms with E-state index in [9.17, 15) is 4.79 Å². The average Bonchev–Trinajstić information content (AvgIpc) is 2.98. The van der Waals surface area contributed by atoms with Crippen molar-refractivity contribution in [3.8, 4) is 0 Å². The van der Waals surface area contributed by atoms with Gasteiger partial charge in [0, 0.05) is 24.5 Å². The Morgan fingerprint density at radius 1 is 1.50 bits per heavy atom. The summed E-state index contributed by atoms with van der Waals surface area (Å²) in [6.45, 7) is 2.35. The Morgan fingerprint density at radius 3 is 3.06 bits per heavy atom. The molecule has 0 aliphatic carbocycles. The lowest BCUT2D eigenvalue weighted by Gasteiger charge is -2.08. The van der Waals surface area contributed by atoms with E-state index in [2.05, 4.69) is 5.10 Å². The van der Waals surface area contributed by atoms with Crippen molar-refractivity contribution in [1.82, 2.24) is 9.78 Å². The van der Waals surface area contributed by atoms with Gasteiger partial charge in [-0.15, -0.1) is 0 Å². The maximum atomic E-state index is 11.4. The first kappa shape index (κ1) is 11.2. The van der Waals surface area contributed by atoms with Gasteiger partial charge < -0.3 is 10.5 Å². The molecule has 2 aromatic rings. The number of aromatic nitrogens is 2. The van der Waals surface area contributed by atoms with Gasteiger partial charge in [0.2, 0.25) is 0 Å². The van der Waals surface area contributed by atoms with E-state index in [1.54, 1.807) is 0 Å². The molecule has 1 saturated heterocycles. The highest BCUT2D eigenvalue weighted by Gasteiger charge is 2.20. The zero-order valence-electron chi connectivity index (χ0n) is 10.0. The quantitative estimate of drug-likeness (QED) is 0.882. The molecule has 2 N–H and O–H groups in total. The van der Waals surface area contributed by atoms with Crippen molar-refractivity contribution in [2.24, 2.45) is 11.7 Å². The molecule has 0 bridgehead atoms. The number of hydrogen-bond donors (Lipinski definition) is 1. The molecule has 1 aromatic heterocycles. The lowest BCUT2D eigenvalue weighted by Crippen LogP contribution is -2.15. The molecule has 0 spiro atoms. The van der Waals surface area contributed by atoms with Crippen LogP contribution in [0.25, 0.3) is 10.9 Å². The first-order chi connectivity index (χ1) is 8.75. The smallest absolute Gasteiger partial charge is 0.269 e. The van der Waals surface area contributed by atoms with E-state index in [-0.39, 0.29) is 0 Å². The van der Waals surface area contributed by atoms with Crippen molar-refractivity contribution in [2.45, 2.75) is 13.0 Å². The number of carbonyl (C=O) groups excluding carboxylic acids is 1. The highest BCUT2D eigenvalue weighted by atomic mass is 16.5. The van der Waals surface area contributed by atoms with E-state index in [0.29, 0.717) is 11.6 Å². The van der Waals surface area contributed by atoms with Gasteiger partial charge in [-0.3, -0.25) is 9.48 Å². The number of nitrogens with zero attached hydrogens (tertiary/aromatic N) is 2. The molecule has 0 radical (unpaired) electrons. The second kappa shape index (κ2) is 4.42. The number of primary amides is 1. The third-order valence-electron chi connectivity index (χ3n) is 3.35. The molecule has 1 aliphatic heterocycles. The lowest BCUT2D eigenvalue weighted by atomic mass is 10.1. The highest BCUT2D eigenvalue weighted by molar-refractivity contribution is 6.04. The largest absolute Gasteiger partial charge is 0.381 e. The lowest BCUT2D eigenvalue weighted by molar-refractivity contribution is 0.0996. The van der Waals surface area contributed by atoms with Crippen LogP contribution in [0, 0.1) is 5.92 Å². The van der Waals surface area contributed by atoms with E-state index < -0.39 is 5.91 Å². The predicted octanol–water partition coefficient (Wildman–Crippen LogP) is 1.17. The molecule has 5 heteroatoms. The topological polar surface area (TPSA) is 70.1 Å². The second-order valence-corrected chi connectivity index (χ2v) is 4.64. The molecule has 0 unspecified atom stereocenters. The number of hydrogen-bond acceptors (Lipinski definition) is 3. The molecule has 18 heavy (non-hydrogen) atoms. The van der Waals surface area contributed by atoms with E-state index in [0.717, 1.165) is 37.1 Å². The van der Waals surface area contributed by atoms with E-state index in [1.807, 2.05) is 28.9 Å². The van der Waals surface area contributed by atoms with E-state index in [1.165, 1.54) is 0 Å². The molecule has 5 nitrogen and oxygen atoms in total. The molecular formula is C13H15N3O2. The molecule has 0 saturated carbocycles. The van der Waals surface area contributed by atoms with Crippen molar-refractivity contribution in [3.63, 3.8) is 0 Å². The van der Waals surface area contributed by atoms with Gasteiger partial charge >= 0.3 is 0 Å². The monoisotopic (exact) mass is 245 g/mol. The summed E-state index contributed by atoms with van der Waals surface area (Å²) >= 11 is 0. The Balaban J connectivity index is 2.02. The van der Waals surface area contributed by atoms with Gasteiger partial charge in [0.15, 0.2) is 5.69 Å². The molecule has 94 valence electrons. The van der Waals surface area contributed by atoms with Crippen LogP contribution in [-0.4, -0.2) is 28.9 Å². The number of rotatable bonds is 3. The van der Waals surface area contributed by atoms with Gasteiger partial charge in [-0.2, -0.15) is 5.10 Å². The van der Waals surface area contributed by atoms with Crippen LogP contribution in [0.2, 0.25) is 0 Å². The van der Waals surface area contributed by atoms with Crippen molar-refractivity contribution in [1.29, 1.82) is 0 Å². The summed E-state index contributed by atoms with van der Waals surface area (Å²) in [6.07, 6.45) is 1.04. The fraction of sp³-hybridized carbons (Fsp3) is 0.385. The summed E-state index contributed by atoms with van der Waals surface area (Å²) in [7, 11) is 0. The number of para-hydroxylation sites is 1. The maximum Gasteiger partial charge on any atom is 0.269 e. The summed E-state index contributed by atoms with van der Waals surface area (Å²) < 4.78 is 7.23. The molecule has 2 heterocycles. The van der Waals surface area contributed by atoms with Gasteiger partial charge in [0.1, 0.15) is 0 Å². The molecule has 1 amide bonds. The minimum absolute atomic E-state index is 0.351. The third-order valence-corrected chi connectivity index (χ3v) is 3.35. The van der Waals surface area contributed by atoms with E-state index >= 15 is 0 Å². The number of carbonyl (C=O) groups is 1. The molecule has 3 rings (SSSR count). The Bertz CT molecular complexity index is 585. The minimum Gasteiger partial charge on any atom is -0.381 e. The van der Waals surface area contributed by atoms with Crippen LogP contribution in [-0.2, 0) is 11.3 Å². The Kier molecular flexibility index (Phi) is 2.76.